The number of imide groups is 1. The van der Waals surface area contributed by atoms with E-state index in [0.717, 1.165) is 10.5 Å². The van der Waals surface area contributed by atoms with Crippen LogP contribution in [0.4, 0.5) is 9.18 Å². The zero-order valence-electron chi connectivity index (χ0n) is 19.8. The Balaban J connectivity index is 1.57. The fraction of sp³-hybridized carbons (Fsp3) is 0.320. The first-order valence-electron chi connectivity index (χ1n) is 11.3. The molecular weight excluding hydrogens is 453 g/mol. The van der Waals surface area contributed by atoms with Crippen LogP contribution in [0.1, 0.15) is 25.0 Å². The molecule has 0 aliphatic carbocycles. The molecular formula is C25H27FN5O4+. The maximum atomic E-state index is 13.4. The molecule has 182 valence electrons. The van der Waals surface area contributed by atoms with Gasteiger partial charge in [-0.15, -0.1) is 0 Å². The van der Waals surface area contributed by atoms with E-state index in [9.17, 15) is 18.8 Å². The number of rotatable bonds is 8. The first-order valence-corrected chi connectivity index (χ1v) is 11.3. The predicted molar refractivity (Wildman–Crippen MR) is 127 cm³/mol. The molecule has 10 heteroatoms. The number of benzene rings is 2. The van der Waals surface area contributed by atoms with Crippen molar-refractivity contribution in [2.75, 3.05) is 20.2 Å². The molecule has 2 aliphatic heterocycles. The molecule has 0 radical (unpaired) electrons. The number of hydrazone groups is 1. The van der Waals surface area contributed by atoms with Gasteiger partial charge in [-0.3, -0.25) is 9.80 Å². The number of amides is 4. The lowest BCUT2D eigenvalue weighted by Gasteiger charge is -2.28. The summed E-state index contributed by atoms with van der Waals surface area (Å²) in [4.78, 5) is 40.7. The summed E-state index contributed by atoms with van der Waals surface area (Å²) < 4.78 is 19.8. The molecule has 0 saturated heterocycles. The van der Waals surface area contributed by atoms with Crippen LogP contribution < -0.4 is 10.1 Å². The third-order valence-electron chi connectivity index (χ3n) is 5.99. The number of carbonyl (C=O) groups is 3. The summed E-state index contributed by atoms with van der Waals surface area (Å²) in [7, 11) is 1.58. The first kappa shape index (κ1) is 24.1. The minimum Gasteiger partial charge on any atom is -0.497 e. The fourth-order valence-corrected chi connectivity index (χ4v) is 4.19. The highest BCUT2D eigenvalue weighted by molar-refractivity contribution is 6.48. The molecule has 2 aromatic rings. The lowest BCUT2D eigenvalue weighted by molar-refractivity contribution is -0.427. The second-order valence-electron chi connectivity index (χ2n) is 8.27. The van der Waals surface area contributed by atoms with E-state index in [4.69, 9.17) is 4.74 Å². The summed E-state index contributed by atoms with van der Waals surface area (Å²) in [6, 6.07) is 11.5. The van der Waals surface area contributed by atoms with Gasteiger partial charge in [0.05, 0.1) is 7.11 Å². The maximum absolute atomic E-state index is 13.4. The summed E-state index contributed by atoms with van der Waals surface area (Å²) in [6.45, 7) is 4.00. The van der Waals surface area contributed by atoms with Crippen molar-refractivity contribution in [1.29, 1.82) is 0 Å². The van der Waals surface area contributed by atoms with Gasteiger partial charge in [-0.05, 0) is 49.2 Å². The predicted octanol–water partition coefficient (Wildman–Crippen LogP) is 2.15. The van der Waals surface area contributed by atoms with Crippen LogP contribution in [0.15, 0.2) is 53.6 Å². The number of carbonyl (C=O) groups excluding carboxylic acids is 3. The Kier molecular flexibility index (Phi) is 6.90. The summed E-state index contributed by atoms with van der Waals surface area (Å²) in [6.07, 6.45) is 0. The maximum Gasteiger partial charge on any atom is 0.501 e. The van der Waals surface area contributed by atoms with Crippen molar-refractivity contribution >= 4 is 29.3 Å². The second-order valence-corrected chi connectivity index (χ2v) is 8.27. The Bertz CT molecular complexity index is 1210. The van der Waals surface area contributed by atoms with Crippen molar-refractivity contribution < 1.29 is 28.1 Å². The van der Waals surface area contributed by atoms with Crippen LogP contribution in [-0.2, 0) is 22.7 Å². The normalized spacial score (nSPS) is 17.5. The number of likely N-dealkylation sites (N-methyl/N-ethyl adjacent to an activating group) is 1. The third kappa shape index (κ3) is 4.91. The van der Waals surface area contributed by atoms with Crippen LogP contribution in [0, 0.1) is 5.82 Å². The molecule has 0 fully saturated rings. The van der Waals surface area contributed by atoms with Gasteiger partial charge in [0.15, 0.2) is 12.3 Å². The number of nitrogens with one attached hydrogen (secondary N) is 1. The summed E-state index contributed by atoms with van der Waals surface area (Å²) in [5.74, 6) is -0.498. The standard InChI is InChI=1S/C25H26FN5O4/c1-4-31-23-22(16(2)28-31)29(15-21(32)27-13-17-7-11-20(35-3)12-8-17)25(34)30(24(23)33)14-18-5-9-19(26)10-6-18/h5-12,23H,4,13-15H2,1-3H3/p+1. The van der Waals surface area contributed by atoms with E-state index in [1.54, 1.807) is 31.2 Å². The lowest BCUT2D eigenvalue weighted by Crippen LogP contribution is -2.61. The Morgan fingerprint density at radius 2 is 1.77 bits per heavy atom. The minimum absolute atomic E-state index is 0.0394. The van der Waals surface area contributed by atoms with E-state index in [2.05, 4.69) is 10.4 Å². The molecule has 2 heterocycles. The van der Waals surface area contributed by atoms with Crippen molar-refractivity contribution in [3.05, 3.63) is 65.5 Å². The highest BCUT2D eigenvalue weighted by Crippen LogP contribution is 2.23. The largest absolute Gasteiger partial charge is 0.501 e. The quantitative estimate of drug-likeness (QED) is 0.585. The molecule has 35 heavy (non-hydrogen) atoms. The van der Waals surface area contributed by atoms with Gasteiger partial charge in [0.1, 0.15) is 23.8 Å². The zero-order valence-corrected chi connectivity index (χ0v) is 19.8. The van der Waals surface area contributed by atoms with Gasteiger partial charge in [-0.2, -0.15) is 19.4 Å². The highest BCUT2D eigenvalue weighted by Gasteiger charge is 2.54. The number of fused-ring (bicyclic) bond motifs is 1. The van der Waals surface area contributed by atoms with Crippen LogP contribution in [-0.4, -0.2) is 70.0 Å². The monoisotopic (exact) mass is 480 g/mol. The number of hydrogen-bond donors (Lipinski definition) is 1. The van der Waals surface area contributed by atoms with Crippen LogP contribution >= 0.6 is 0 Å². The van der Waals surface area contributed by atoms with Gasteiger partial charge < -0.3 is 10.1 Å². The molecule has 2 aliphatic rings. The molecule has 4 amide bonds. The molecule has 2 aromatic carbocycles. The van der Waals surface area contributed by atoms with Crippen LogP contribution in [0.5, 0.6) is 5.75 Å². The van der Waals surface area contributed by atoms with Gasteiger partial charge in [-0.1, -0.05) is 24.3 Å². The average Bonchev–Trinajstić information content (AvgIpc) is 3.20. The smallest absolute Gasteiger partial charge is 0.497 e. The SMILES string of the molecule is CCN1N=C(C)C2=[N+](CC(=O)NCc3ccc(OC)cc3)C(=O)N(Cc3ccc(F)cc3)C(=O)C21. The van der Waals surface area contributed by atoms with Gasteiger partial charge in [-0.25, -0.2) is 9.18 Å². The number of hydrogen-bond acceptors (Lipinski definition) is 6. The molecule has 0 spiro atoms. The number of halogens is 1. The highest BCUT2D eigenvalue weighted by atomic mass is 19.1. The summed E-state index contributed by atoms with van der Waals surface area (Å²) >= 11 is 0. The van der Waals surface area contributed by atoms with Crippen molar-refractivity contribution in [2.24, 2.45) is 5.10 Å². The Labute approximate surface area is 202 Å². The van der Waals surface area contributed by atoms with E-state index in [-0.39, 0.29) is 25.5 Å². The van der Waals surface area contributed by atoms with Gasteiger partial charge in [0.2, 0.25) is 6.04 Å². The van der Waals surface area contributed by atoms with E-state index in [0.29, 0.717) is 29.3 Å². The zero-order chi connectivity index (χ0) is 25.1. The topological polar surface area (TPSA) is 94.3 Å². The number of nitrogens with zero attached hydrogens (tertiary/aromatic N) is 4. The Hall–Kier alpha value is -4.08. The molecule has 4 rings (SSSR count). The van der Waals surface area contributed by atoms with Crippen molar-refractivity contribution in [3.63, 3.8) is 0 Å². The third-order valence-corrected chi connectivity index (χ3v) is 5.99. The molecule has 9 nitrogen and oxygen atoms in total. The van der Waals surface area contributed by atoms with E-state index in [1.165, 1.54) is 28.8 Å². The number of ether oxygens (including phenoxy) is 1. The fourth-order valence-electron chi connectivity index (χ4n) is 4.19. The molecule has 1 N–H and O–H groups in total. The van der Waals surface area contributed by atoms with E-state index in [1.807, 2.05) is 19.1 Å². The first-order chi connectivity index (χ1) is 16.8. The Morgan fingerprint density at radius 1 is 1.11 bits per heavy atom. The molecule has 0 saturated carbocycles. The molecule has 1 unspecified atom stereocenters. The summed E-state index contributed by atoms with van der Waals surface area (Å²) in [5.41, 5.74) is 2.40. The van der Waals surface area contributed by atoms with Gasteiger partial charge in [0, 0.05) is 13.1 Å². The molecule has 0 aromatic heterocycles. The van der Waals surface area contributed by atoms with Crippen LogP contribution in [0.25, 0.3) is 0 Å². The average molecular weight is 481 g/mol. The second kappa shape index (κ2) is 10.0. The van der Waals surface area contributed by atoms with Gasteiger partial charge in [0.25, 0.3) is 5.91 Å². The minimum atomic E-state index is -0.799. The lowest BCUT2D eigenvalue weighted by atomic mass is 10.0. The number of urea groups is 1. The van der Waals surface area contributed by atoms with Crippen molar-refractivity contribution in [3.8, 4) is 5.75 Å². The van der Waals surface area contributed by atoms with Gasteiger partial charge >= 0.3 is 11.9 Å². The number of methoxy groups -OCH3 is 1. The van der Waals surface area contributed by atoms with Crippen LogP contribution in [0.2, 0.25) is 0 Å². The van der Waals surface area contributed by atoms with Crippen molar-refractivity contribution in [1.82, 2.24) is 15.2 Å². The summed E-state index contributed by atoms with van der Waals surface area (Å²) in [5, 5.41) is 8.87. The molecule has 1 atom stereocenters. The van der Waals surface area contributed by atoms with E-state index >= 15 is 0 Å². The Morgan fingerprint density at radius 3 is 2.40 bits per heavy atom. The molecule has 0 bridgehead atoms. The van der Waals surface area contributed by atoms with Crippen molar-refractivity contribution in [2.45, 2.75) is 33.0 Å². The van der Waals surface area contributed by atoms with E-state index < -0.39 is 23.8 Å². The van der Waals surface area contributed by atoms with Crippen LogP contribution in [0.3, 0.4) is 0 Å².